The second-order valence-corrected chi connectivity index (χ2v) is 14.0. The van der Waals surface area contributed by atoms with Crippen LogP contribution >= 0.6 is 15.8 Å². The summed E-state index contributed by atoms with van der Waals surface area (Å²) in [6.45, 7) is 4.49. The summed E-state index contributed by atoms with van der Waals surface area (Å²) in [4.78, 5) is 2.56. The second kappa shape index (κ2) is 11.0. The summed E-state index contributed by atoms with van der Waals surface area (Å²) < 4.78 is 5.93. The Morgan fingerprint density at radius 1 is 0.629 bits per heavy atom. The zero-order chi connectivity index (χ0) is 24.2. The minimum absolute atomic E-state index is 0.527. The standard InChI is InChI=1S/C31H33NOP2/c1-24-14-10-12-20-28(24)34(25-15-6-4-7-16-25)30-22-32(2)23-31(30)35(26-17-8-5-9-18-26)29-21-13-11-19-27(29)33-3/h4-21,30-31H,22-23H2,1-3H3/t30?,31?,34-,35+/m1/s1. The Morgan fingerprint density at radius 3 is 1.63 bits per heavy atom. The van der Waals surface area contributed by atoms with E-state index < -0.39 is 15.8 Å². The van der Waals surface area contributed by atoms with Gasteiger partial charge in [0.25, 0.3) is 0 Å². The van der Waals surface area contributed by atoms with Crippen LogP contribution in [0.3, 0.4) is 0 Å². The number of para-hydroxylation sites is 1. The van der Waals surface area contributed by atoms with E-state index in [0.29, 0.717) is 11.3 Å². The summed E-state index contributed by atoms with van der Waals surface area (Å²) in [7, 11) is 2.95. The number of aryl methyl sites for hydroxylation is 1. The largest absolute Gasteiger partial charge is 0.496 e. The highest BCUT2D eigenvalue weighted by Gasteiger charge is 2.43. The van der Waals surface area contributed by atoms with Crippen molar-refractivity contribution < 1.29 is 4.74 Å². The smallest absolute Gasteiger partial charge is 0.126 e. The minimum Gasteiger partial charge on any atom is -0.496 e. The number of ether oxygens (including phenoxy) is 1. The number of nitrogens with zero attached hydrogens (tertiary/aromatic N) is 1. The molecule has 0 aromatic heterocycles. The van der Waals surface area contributed by atoms with Crippen molar-refractivity contribution in [1.82, 2.24) is 4.90 Å². The summed E-state index contributed by atoms with van der Waals surface area (Å²) in [5.41, 5.74) is 2.48. The Bertz CT molecular complexity index is 1250. The third-order valence-corrected chi connectivity index (χ3v) is 13.1. The van der Waals surface area contributed by atoms with Gasteiger partial charge in [0.15, 0.2) is 0 Å². The molecule has 4 atom stereocenters. The van der Waals surface area contributed by atoms with Crippen LogP contribution in [0.2, 0.25) is 0 Å². The molecule has 1 fully saturated rings. The molecule has 0 saturated carbocycles. The van der Waals surface area contributed by atoms with Crippen molar-refractivity contribution >= 4 is 37.1 Å². The summed E-state index contributed by atoms with van der Waals surface area (Å²) in [6, 6.07) is 40.1. The molecule has 0 spiro atoms. The second-order valence-electron chi connectivity index (χ2n) is 9.23. The van der Waals surface area contributed by atoms with Gasteiger partial charge >= 0.3 is 0 Å². The molecule has 1 aliphatic heterocycles. The van der Waals surface area contributed by atoms with Crippen LogP contribution in [0.4, 0.5) is 0 Å². The first-order valence-electron chi connectivity index (χ1n) is 12.2. The Hall–Kier alpha value is -2.50. The molecule has 2 nitrogen and oxygen atoms in total. The molecule has 0 radical (unpaired) electrons. The topological polar surface area (TPSA) is 12.5 Å². The van der Waals surface area contributed by atoms with Gasteiger partial charge in [0.1, 0.15) is 5.75 Å². The minimum atomic E-state index is -0.618. The summed E-state index contributed by atoms with van der Waals surface area (Å²) in [5.74, 6) is 1.01. The lowest BCUT2D eigenvalue weighted by atomic mass is 10.2. The Morgan fingerprint density at radius 2 is 1.09 bits per heavy atom. The molecular weight excluding hydrogens is 464 g/mol. The summed E-state index contributed by atoms with van der Waals surface area (Å²) >= 11 is 0. The average molecular weight is 498 g/mol. The molecular formula is C31H33NOP2. The predicted octanol–water partition coefficient (Wildman–Crippen LogP) is 5.25. The lowest BCUT2D eigenvalue weighted by Gasteiger charge is -2.35. The fourth-order valence-electron chi connectivity index (χ4n) is 5.32. The van der Waals surface area contributed by atoms with Crippen LogP contribution in [0.5, 0.6) is 5.75 Å². The zero-order valence-electron chi connectivity index (χ0n) is 20.7. The maximum atomic E-state index is 5.93. The van der Waals surface area contributed by atoms with Crippen LogP contribution in [-0.4, -0.2) is 43.5 Å². The van der Waals surface area contributed by atoms with E-state index in [1.807, 2.05) is 0 Å². The van der Waals surface area contributed by atoms with Crippen molar-refractivity contribution in [1.29, 1.82) is 0 Å². The summed E-state index contributed by atoms with van der Waals surface area (Å²) in [6.07, 6.45) is 0. The monoisotopic (exact) mass is 497 g/mol. The molecule has 2 unspecified atom stereocenters. The molecule has 35 heavy (non-hydrogen) atoms. The third kappa shape index (κ3) is 5.07. The molecule has 1 aliphatic rings. The van der Waals surface area contributed by atoms with E-state index in [9.17, 15) is 0 Å². The van der Waals surface area contributed by atoms with Crippen LogP contribution < -0.4 is 26.0 Å². The molecule has 0 amide bonds. The van der Waals surface area contributed by atoms with Gasteiger partial charge in [-0.05, 0) is 57.4 Å². The van der Waals surface area contributed by atoms with E-state index in [2.05, 4.69) is 128 Å². The highest BCUT2D eigenvalue weighted by molar-refractivity contribution is 7.77. The predicted molar refractivity (Wildman–Crippen MR) is 155 cm³/mol. The van der Waals surface area contributed by atoms with Gasteiger partial charge in [0.05, 0.1) is 7.11 Å². The van der Waals surface area contributed by atoms with Crippen LogP contribution in [-0.2, 0) is 0 Å². The molecule has 1 saturated heterocycles. The van der Waals surface area contributed by atoms with Crippen LogP contribution in [0.15, 0.2) is 109 Å². The van der Waals surface area contributed by atoms with Crippen molar-refractivity contribution in [2.75, 3.05) is 27.2 Å². The first kappa shape index (κ1) is 24.2. The van der Waals surface area contributed by atoms with Crippen molar-refractivity contribution in [3.63, 3.8) is 0 Å². The molecule has 1 heterocycles. The van der Waals surface area contributed by atoms with Gasteiger partial charge in [-0.2, -0.15) is 0 Å². The highest BCUT2D eigenvalue weighted by atomic mass is 31.1. The van der Waals surface area contributed by atoms with E-state index in [-0.39, 0.29) is 0 Å². The normalized spacial score (nSPS) is 19.9. The summed E-state index contributed by atoms with van der Waals surface area (Å²) in [5, 5.41) is 5.78. The maximum absolute atomic E-state index is 5.93. The van der Waals surface area contributed by atoms with Crippen molar-refractivity contribution in [2.45, 2.75) is 18.2 Å². The van der Waals surface area contributed by atoms with Crippen molar-refractivity contribution in [3.8, 4) is 5.75 Å². The number of likely N-dealkylation sites (tertiary alicyclic amines) is 1. The van der Waals surface area contributed by atoms with E-state index in [0.717, 1.165) is 18.8 Å². The first-order valence-corrected chi connectivity index (χ1v) is 15.1. The first-order chi connectivity index (χ1) is 17.2. The average Bonchev–Trinajstić information content (AvgIpc) is 3.27. The molecule has 178 valence electrons. The Labute approximate surface area is 212 Å². The van der Waals surface area contributed by atoms with Crippen molar-refractivity contribution in [3.05, 3.63) is 115 Å². The quantitative estimate of drug-likeness (QED) is 0.324. The molecule has 0 aliphatic carbocycles. The van der Waals surface area contributed by atoms with Crippen LogP contribution in [0.1, 0.15) is 5.56 Å². The zero-order valence-corrected chi connectivity index (χ0v) is 22.5. The van der Waals surface area contributed by atoms with Crippen LogP contribution in [0, 0.1) is 6.92 Å². The van der Waals surface area contributed by atoms with Gasteiger partial charge < -0.3 is 9.64 Å². The van der Waals surface area contributed by atoms with Crippen molar-refractivity contribution in [2.24, 2.45) is 0 Å². The fraction of sp³-hybridized carbons (Fsp3) is 0.226. The van der Waals surface area contributed by atoms with Gasteiger partial charge in [0.2, 0.25) is 0 Å². The number of methoxy groups -OCH3 is 1. The molecule has 0 N–H and O–H groups in total. The molecule has 4 aromatic carbocycles. The number of rotatable bonds is 7. The number of hydrogen-bond acceptors (Lipinski definition) is 2. The molecule has 4 heteroatoms. The van der Waals surface area contributed by atoms with E-state index in [1.54, 1.807) is 7.11 Å². The van der Waals surface area contributed by atoms with Gasteiger partial charge in [-0.15, -0.1) is 0 Å². The van der Waals surface area contributed by atoms with E-state index >= 15 is 0 Å². The van der Waals surface area contributed by atoms with Gasteiger partial charge in [-0.25, -0.2) is 0 Å². The molecule has 5 rings (SSSR count). The van der Waals surface area contributed by atoms with Gasteiger partial charge in [-0.1, -0.05) is 103 Å². The van der Waals surface area contributed by atoms with E-state index in [4.69, 9.17) is 4.74 Å². The lowest BCUT2D eigenvalue weighted by molar-refractivity contribution is 0.417. The van der Waals surface area contributed by atoms with Gasteiger partial charge in [0, 0.05) is 29.7 Å². The SMILES string of the molecule is COc1ccccc1[P@](c1ccccc1)C1CN(C)CC1[P@](c1ccccc1)c1ccccc1C. The fourth-order valence-corrected chi connectivity index (χ4v) is 12.3. The highest BCUT2D eigenvalue weighted by Crippen LogP contribution is 2.55. The van der Waals surface area contributed by atoms with Gasteiger partial charge in [-0.3, -0.25) is 0 Å². The third-order valence-electron chi connectivity index (χ3n) is 6.89. The number of benzene rings is 4. The molecule has 0 bridgehead atoms. The number of hydrogen-bond donors (Lipinski definition) is 0. The maximum Gasteiger partial charge on any atom is 0.126 e. The Balaban J connectivity index is 1.68. The van der Waals surface area contributed by atoms with E-state index in [1.165, 1.54) is 26.8 Å². The van der Waals surface area contributed by atoms with Crippen LogP contribution in [0.25, 0.3) is 0 Å². The molecule has 4 aromatic rings. The Kier molecular flexibility index (Phi) is 7.64. The lowest BCUT2D eigenvalue weighted by Crippen LogP contribution is -2.35.